The van der Waals surface area contributed by atoms with Gasteiger partial charge in [0.25, 0.3) is 0 Å². The Morgan fingerprint density at radius 1 is 0.912 bits per heavy atom. The average Bonchev–Trinajstić information content (AvgIpc) is 3.31. The van der Waals surface area contributed by atoms with Crippen LogP contribution in [-0.4, -0.2) is 21.5 Å². The average molecular weight is 472 g/mol. The van der Waals surface area contributed by atoms with E-state index in [0.29, 0.717) is 13.1 Å². The number of nitrogens with one attached hydrogen (secondary N) is 1. The molecule has 1 aliphatic carbocycles. The molecule has 0 aliphatic heterocycles. The van der Waals surface area contributed by atoms with E-state index in [1.54, 1.807) is 0 Å². The van der Waals surface area contributed by atoms with Crippen molar-refractivity contribution in [3.05, 3.63) is 101 Å². The van der Waals surface area contributed by atoms with Gasteiger partial charge in [-0.3, -0.25) is 0 Å². The van der Waals surface area contributed by atoms with E-state index in [9.17, 15) is 4.79 Å². The minimum atomic E-state index is -0.0336. The van der Waals surface area contributed by atoms with Gasteiger partial charge in [-0.2, -0.15) is 0 Å². The van der Waals surface area contributed by atoms with Crippen LogP contribution in [0.1, 0.15) is 43.4 Å². The zero-order valence-corrected chi connectivity index (χ0v) is 20.0. The van der Waals surface area contributed by atoms with Gasteiger partial charge in [0.2, 0.25) is 0 Å². The van der Waals surface area contributed by atoms with E-state index in [1.165, 1.54) is 19.3 Å². The molecule has 5 rings (SSSR count). The molecule has 0 radical (unpaired) electrons. The summed E-state index contributed by atoms with van der Waals surface area (Å²) in [5.74, 6) is 0. The molecule has 34 heavy (non-hydrogen) atoms. The minimum Gasteiger partial charge on any atom is -0.345 e. The van der Waals surface area contributed by atoms with E-state index in [0.717, 1.165) is 45.6 Å². The molecule has 1 aromatic heterocycles. The highest BCUT2D eigenvalue weighted by atomic mass is 35.5. The van der Waals surface area contributed by atoms with E-state index >= 15 is 0 Å². The summed E-state index contributed by atoms with van der Waals surface area (Å²) in [5.41, 5.74) is 3.04. The second-order valence-electron chi connectivity index (χ2n) is 9.10. The number of urea groups is 1. The topological polar surface area (TPSA) is 37.3 Å². The van der Waals surface area contributed by atoms with Crippen molar-refractivity contribution < 1.29 is 4.79 Å². The van der Waals surface area contributed by atoms with E-state index < -0.39 is 0 Å². The van der Waals surface area contributed by atoms with Gasteiger partial charge in [0, 0.05) is 34.9 Å². The van der Waals surface area contributed by atoms with Gasteiger partial charge in [-0.05, 0) is 48.1 Å². The molecular formula is C29H30ClN3O. The maximum Gasteiger partial charge on any atom is 0.322 e. The number of carbonyl (C=O) groups is 1. The molecule has 0 spiro atoms. The third-order valence-corrected chi connectivity index (χ3v) is 7.23. The quantitative estimate of drug-likeness (QED) is 0.307. The van der Waals surface area contributed by atoms with Crippen molar-refractivity contribution in [2.24, 2.45) is 0 Å². The molecule has 0 atom stereocenters. The molecule has 4 aromatic rings. The Hall–Kier alpha value is -3.24. The van der Waals surface area contributed by atoms with Gasteiger partial charge in [-0.1, -0.05) is 85.5 Å². The van der Waals surface area contributed by atoms with Gasteiger partial charge < -0.3 is 14.8 Å². The van der Waals surface area contributed by atoms with Crippen LogP contribution in [0.25, 0.3) is 10.8 Å². The molecule has 0 unspecified atom stereocenters. The van der Waals surface area contributed by atoms with Crippen molar-refractivity contribution in [3.8, 4) is 0 Å². The lowest BCUT2D eigenvalue weighted by atomic mass is 9.94. The van der Waals surface area contributed by atoms with Gasteiger partial charge in [0.15, 0.2) is 0 Å². The predicted molar refractivity (Wildman–Crippen MR) is 140 cm³/mol. The summed E-state index contributed by atoms with van der Waals surface area (Å²) in [4.78, 5) is 15.7. The third kappa shape index (κ3) is 4.97. The van der Waals surface area contributed by atoms with Crippen molar-refractivity contribution in [3.63, 3.8) is 0 Å². The molecule has 5 heteroatoms. The number of amides is 2. The molecule has 2 amide bonds. The number of rotatable bonds is 6. The van der Waals surface area contributed by atoms with Crippen LogP contribution < -0.4 is 5.32 Å². The lowest BCUT2D eigenvalue weighted by molar-refractivity contribution is 0.161. The first kappa shape index (κ1) is 22.5. The Morgan fingerprint density at radius 3 is 2.53 bits per heavy atom. The lowest BCUT2D eigenvalue weighted by Crippen LogP contribution is -2.43. The highest BCUT2D eigenvalue weighted by Gasteiger charge is 2.27. The molecular weight excluding hydrogens is 442 g/mol. The number of carbonyl (C=O) groups excluding carboxylic acids is 1. The van der Waals surface area contributed by atoms with Crippen LogP contribution >= 0.6 is 11.6 Å². The second-order valence-corrected chi connectivity index (χ2v) is 9.50. The van der Waals surface area contributed by atoms with Crippen LogP contribution in [0.15, 0.2) is 85.1 Å². The zero-order valence-electron chi connectivity index (χ0n) is 19.3. The number of hydrogen-bond acceptors (Lipinski definition) is 1. The normalized spacial score (nSPS) is 14.3. The van der Waals surface area contributed by atoms with Crippen LogP contribution in [0.3, 0.4) is 0 Å². The largest absolute Gasteiger partial charge is 0.345 e. The molecule has 0 saturated heterocycles. The number of halogens is 1. The fourth-order valence-corrected chi connectivity index (χ4v) is 5.21. The van der Waals surface area contributed by atoms with E-state index in [2.05, 4.69) is 46.4 Å². The second kappa shape index (κ2) is 10.4. The summed E-state index contributed by atoms with van der Waals surface area (Å²) in [5, 5.41) is 6.18. The van der Waals surface area contributed by atoms with Crippen LogP contribution in [0, 0.1) is 0 Å². The standard InChI is InChI=1S/C29H30ClN3O/c30-27-17-7-5-11-23(27)20-32-19-9-15-25(32)21-33(24-13-2-1-3-14-24)29(34)31-28-18-8-12-22-10-4-6-16-26(22)28/h4-12,15-19,24H,1-3,13-14,20-21H2,(H,31,34). The van der Waals surface area contributed by atoms with Crippen molar-refractivity contribution in [1.29, 1.82) is 0 Å². The van der Waals surface area contributed by atoms with Gasteiger partial charge >= 0.3 is 6.03 Å². The van der Waals surface area contributed by atoms with Crippen molar-refractivity contribution in [1.82, 2.24) is 9.47 Å². The summed E-state index contributed by atoms with van der Waals surface area (Å²) >= 11 is 6.42. The monoisotopic (exact) mass is 471 g/mol. The Bertz CT molecular complexity index is 1270. The van der Waals surface area contributed by atoms with Crippen molar-refractivity contribution >= 4 is 34.1 Å². The first-order valence-electron chi connectivity index (χ1n) is 12.1. The number of anilines is 1. The van der Waals surface area contributed by atoms with E-state index in [4.69, 9.17) is 11.6 Å². The summed E-state index contributed by atoms with van der Waals surface area (Å²) in [6.07, 6.45) is 7.76. The van der Waals surface area contributed by atoms with Crippen LogP contribution in [0.2, 0.25) is 5.02 Å². The van der Waals surface area contributed by atoms with E-state index in [1.807, 2.05) is 53.4 Å². The molecule has 174 valence electrons. The predicted octanol–water partition coefficient (Wildman–Crippen LogP) is 7.71. The number of hydrogen-bond donors (Lipinski definition) is 1. The molecule has 1 aliphatic rings. The fourth-order valence-electron chi connectivity index (χ4n) is 5.01. The maximum absolute atomic E-state index is 13.7. The first-order chi connectivity index (χ1) is 16.7. The molecule has 1 saturated carbocycles. The van der Waals surface area contributed by atoms with Crippen LogP contribution in [0.5, 0.6) is 0 Å². The zero-order chi connectivity index (χ0) is 23.3. The molecule has 1 fully saturated rings. The third-order valence-electron chi connectivity index (χ3n) is 6.86. The maximum atomic E-state index is 13.7. The first-order valence-corrected chi connectivity index (χ1v) is 12.5. The van der Waals surface area contributed by atoms with E-state index in [-0.39, 0.29) is 12.1 Å². The Morgan fingerprint density at radius 2 is 1.68 bits per heavy atom. The summed E-state index contributed by atoms with van der Waals surface area (Å²) < 4.78 is 2.20. The smallest absolute Gasteiger partial charge is 0.322 e. The van der Waals surface area contributed by atoms with Gasteiger partial charge in [0.05, 0.1) is 12.2 Å². The Labute approximate surface area is 206 Å². The SMILES string of the molecule is O=C(Nc1cccc2ccccc12)N(Cc1cccn1Cc1ccccc1Cl)C1CCCCC1. The van der Waals surface area contributed by atoms with Gasteiger partial charge in [-0.15, -0.1) is 0 Å². The Kier molecular flexibility index (Phi) is 6.87. The molecule has 3 aromatic carbocycles. The summed E-state index contributed by atoms with van der Waals surface area (Å²) in [6.45, 7) is 1.25. The van der Waals surface area contributed by atoms with Crippen molar-refractivity contribution in [2.45, 2.75) is 51.2 Å². The summed E-state index contributed by atoms with van der Waals surface area (Å²) in [6, 6.07) is 26.5. The molecule has 1 N–H and O–H groups in total. The van der Waals surface area contributed by atoms with Crippen LogP contribution in [0.4, 0.5) is 10.5 Å². The fraction of sp³-hybridized carbons (Fsp3) is 0.276. The number of nitrogens with zero attached hydrogens (tertiary/aromatic N) is 2. The van der Waals surface area contributed by atoms with Gasteiger partial charge in [-0.25, -0.2) is 4.79 Å². The Balaban J connectivity index is 1.40. The molecule has 1 heterocycles. The summed E-state index contributed by atoms with van der Waals surface area (Å²) in [7, 11) is 0. The van der Waals surface area contributed by atoms with Crippen LogP contribution in [-0.2, 0) is 13.1 Å². The van der Waals surface area contributed by atoms with Gasteiger partial charge in [0.1, 0.15) is 0 Å². The highest BCUT2D eigenvalue weighted by molar-refractivity contribution is 6.31. The number of aromatic nitrogens is 1. The number of fused-ring (bicyclic) bond motifs is 1. The lowest BCUT2D eigenvalue weighted by Gasteiger charge is -2.34. The highest BCUT2D eigenvalue weighted by Crippen LogP contribution is 2.28. The molecule has 4 nitrogen and oxygen atoms in total. The minimum absolute atomic E-state index is 0.0336. The number of benzene rings is 3. The molecule has 0 bridgehead atoms. The van der Waals surface area contributed by atoms with Crippen molar-refractivity contribution in [2.75, 3.05) is 5.32 Å².